The minimum Gasteiger partial charge on any atom is -0.481 e. The van der Waals surface area contributed by atoms with E-state index in [0.717, 1.165) is 31.9 Å². The summed E-state index contributed by atoms with van der Waals surface area (Å²) < 4.78 is 0. The van der Waals surface area contributed by atoms with Gasteiger partial charge >= 0.3 is 5.97 Å². The molecule has 6 heteroatoms. The Labute approximate surface area is 149 Å². The number of rotatable bonds is 4. The van der Waals surface area contributed by atoms with Crippen molar-refractivity contribution in [3.05, 3.63) is 29.8 Å². The van der Waals surface area contributed by atoms with E-state index >= 15 is 0 Å². The van der Waals surface area contributed by atoms with Gasteiger partial charge in [0.2, 0.25) is 0 Å². The molecule has 0 aliphatic carbocycles. The molecule has 0 saturated carbocycles. The summed E-state index contributed by atoms with van der Waals surface area (Å²) in [5.41, 5.74) is 1.78. The second-order valence-corrected chi connectivity index (χ2v) is 7.24. The molecule has 1 aromatic rings. The molecule has 3 rings (SSSR count). The van der Waals surface area contributed by atoms with Crippen molar-refractivity contribution < 1.29 is 14.7 Å². The predicted octanol–water partition coefficient (Wildman–Crippen LogP) is 1.76. The maximum Gasteiger partial charge on any atom is 0.308 e. The molecule has 2 saturated heterocycles. The van der Waals surface area contributed by atoms with Gasteiger partial charge in [-0.05, 0) is 44.5 Å². The van der Waals surface area contributed by atoms with E-state index in [1.165, 1.54) is 0 Å². The molecule has 25 heavy (non-hydrogen) atoms. The summed E-state index contributed by atoms with van der Waals surface area (Å²) in [5.74, 6) is -1.31. The van der Waals surface area contributed by atoms with Crippen molar-refractivity contribution in [2.24, 2.45) is 5.92 Å². The van der Waals surface area contributed by atoms with Gasteiger partial charge in [0.05, 0.1) is 5.92 Å². The van der Waals surface area contributed by atoms with Crippen molar-refractivity contribution in [1.82, 2.24) is 9.80 Å². The van der Waals surface area contributed by atoms with Gasteiger partial charge in [-0.3, -0.25) is 14.5 Å². The topological polar surface area (TPSA) is 64.1 Å². The Morgan fingerprint density at radius 2 is 1.68 bits per heavy atom. The fourth-order valence-corrected chi connectivity index (χ4v) is 3.64. The quantitative estimate of drug-likeness (QED) is 0.901. The highest BCUT2D eigenvalue weighted by Crippen LogP contribution is 2.22. The van der Waals surface area contributed by atoms with Crippen LogP contribution in [0.2, 0.25) is 0 Å². The number of aliphatic carboxylic acids is 1. The summed E-state index contributed by atoms with van der Waals surface area (Å²) in [5, 5.41) is 9.07. The van der Waals surface area contributed by atoms with Crippen LogP contribution in [0.5, 0.6) is 0 Å². The molecule has 2 aliphatic rings. The first-order valence-electron chi connectivity index (χ1n) is 9.07. The van der Waals surface area contributed by atoms with Gasteiger partial charge in [0.1, 0.15) is 0 Å². The largest absolute Gasteiger partial charge is 0.481 e. The zero-order valence-corrected chi connectivity index (χ0v) is 15.0. The zero-order valence-electron chi connectivity index (χ0n) is 15.0. The van der Waals surface area contributed by atoms with E-state index in [-0.39, 0.29) is 5.91 Å². The van der Waals surface area contributed by atoms with E-state index in [4.69, 9.17) is 5.11 Å². The number of hydrogen-bond acceptors (Lipinski definition) is 4. The lowest BCUT2D eigenvalue weighted by atomic mass is 10.1. The average Bonchev–Trinajstić information content (AvgIpc) is 3.12. The number of amides is 1. The normalized spacial score (nSPS) is 21.8. The highest BCUT2D eigenvalue weighted by molar-refractivity contribution is 5.95. The number of likely N-dealkylation sites (tertiary alicyclic amines) is 1. The van der Waals surface area contributed by atoms with Crippen molar-refractivity contribution in [2.45, 2.75) is 26.3 Å². The first kappa shape index (κ1) is 17.7. The summed E-state index contributed by atoms with van der Waals surface area (Å²) >= 11 is 0. The maximum atomic E-state index is 12.5. The fourth-order valence-electron chi connectivity index (χ4n) is 3.64. The number of benzene rings is 1. The number of anilines is 1. The molecule has 1 N–H and O–H groups in total. The Kier molecular flexibility index (Phi) is 5.27. The van der Waals surface area contributed by atoms with Gasteiger partial charge in [0.25, 0.3) is 5.91 Å². The lowest BCUT2D eigenvalue weighted by Gasteiger charge is -2.38. The Balaban J connectivity index is 1.59. The third-order valence-corrected chi connectivity index (χ3v) is 5.35. The number of carboxylic acid groups (broad SMARTS) is 1. The van der Waals surface area contributed by atoms with Crippen LogP contribution in [0.1, 0.15) is 30.6 Å². The van der Waals surface area contributed by atoms with Gasteiger partial charge in [0.15, 0.2) is 0 Å². The van der Waals surface area contributed by atoms with E-state index in [1.807, 2.05) is 24.3 Å². The Hall–Kier alpha value is -2.08. The SMILES string of the molecule is CC(C)N1CCN(c2ccc(C(=O)N3CCC(C(=O)O)C3)cc2)CC1. The lowest BCUT2D eigenvalue weighted by Crippen LogP contribution is -2.48. The Bertz CT molecular complexity index is 621. The monoisotopic (exact) mass is 345 g/mol. The standard InChI is InChI=1S/C19H27N3O3/c1-14(2)20-9-11-21(12-10-20)17-5-3-15(4-6-17)18(23)22-8-7-16(13-22)19(24)25/h3-6,14,16H,7-13H2,1-2H3,(H,24,25). The molecule has 0 radical (unpaired) electrons. The molecule has 2 aliphatic heterocycles. The lowest BCUT2D eigenvalue weighted by molar-refractivity contribution is -0.141. The summed E-state index contributed by atoms with van der Waals surface area (Å²) in [7, 11) is 0. The smallest absolute Gasteiger partial charge is 0.308 e. The first-order valence-corrected chi connectivity index (χ1v) is 9.07. The minimum atomic E-state index is -0.814. The molecule has 1 amide bonds. The molecular weight excluding hydrogens is 318 g/mol. The van der Waals surface area contributed by atoms with Crippen LogP contribution in [0.4, 0.5) is 5.69 Å². The third-order valence-electron chi connectivity index (χ3n) is 5.35. The highest BCUT2D eigenvalue weighted by atomic mass is 16.4. The summed E-state index contributed by atoms with van der Waals surface area (Å²) in [6.07, 6.45) is 0.541. The van der Waals surface area contributed by atoms with E-state index in [1.54, 1.807) is 4.90 Å². The van der Waals surface area contributed by atoms with E-state index in [0.29, 0.717) is 31.1 Å². The molecule has 1 unspecified atom stereocenters. The number of hydrogen-bond donors (Lipinski definition) is 1. The van der Waals surface area contributed by atoms with Crippen LogP contribution >= 0.6 is 0 Å². The molecule has 2 fully saturated rings. The van der Waals surface area contributed by atoms with Gasteiger partial charge < -0.3 is 14.9 Å². The molecule has 6 nitrogen and oxygen atoms in total. The summed E-state index contributed by atoms with van der Waals surface area (Å²) in [6.45, 7) is 9.40. The van der Waals surface area contributed by atoms with Crippen molar-refractivity contribution in [2.75, 3.05) is 44.2 Å². The van der Waals surface area contributed by atoms with Crippen LogP contribution in [-0.2, 0) is 4.79 Å². The van der Waals surface area contributed by atoms with Crippen molar-refractivity contribution in [3.63, 3.8) is 0 Å². The maximum absolute atomic E-state index is 12.5. The number of carbonyl (C=O) groups is 2. The van der Waals surface area contributed by atoms with Crippen LogP contribution in [0.25, 0.3) is 0 Å². The zero-order chi connectivity index (χ0) is 18.0. The number of piperazine rings is 1. The van der Waals surface area contributed by atoms with Crippen LogP contribution in [0.15, 0.2) is 24.3 Å². The number of carbonyl (C=O) groups excluding carboxylic acids is 1. The molecular formula is C19H27N3O3. The van der Waals surface area contributed by atoms with E-state index in [2.05, 4.69) is 23.6 Å². The van der Waals surface area contributed by atoms with Crippen LogP contribution in [0, 0.1) is 5.92 Å². The molecule has 2 heterocycles. The van der Waals surface area contributed by atoms with Crippen molar-refractivity contribution in [1.29, 1.82) is 0 Å². The molecule has 1 aromatic carbocycles. The first-order chi connectivity index (χ1) is 12.0. The van der Waals surface area contributed by atoms with Crippen molar-refractivity contribution >= 4 is 17.6 Å². The number of nitrogens with zero attached hydrogens (tertiary/aromatic N) is 3. The molecule has 1 atom stereocenters. The molecule has 0 bridgehead atoms. The molecule has 0 aromatic heterocycles. The van der Waals surface area contributed by atoms with Crippen LogP contribution < -0.4 is 4.90 Å². The molecule has 136 valence electrons. The third kappa shape index (κ3) is 3.95. The second kappa shape index (κ2) is 7.44. The summed E-state index contributed by atoms with van der Waals surface area (Å²) in [4.78, 5) is 30.0. The van der Waals surface area contributed by atoms with Gasteiger partial charge in [-0.25, -0.2) is 0 Å². The Morgan fingerprint density at radius 1 is 1.04 bits per heavy atom. The number of carboxylic acids is 1. The average molecular weight is 345 g/mol. The fraction of sp³-hybridized carbons (Fsp3) is 0.579. The second-order valence-electron chi connectivity index (χ2n) is 7.24. The minimum absolute atomic E-state index is 0.0695. The van der Waals surface area contributed by atoms with Crippen LogP contribution in [0.3, 0.4) is 0 Å². The van der Waals surface area contributed by atoms with Gasteiger partial charge in [0, 0.05) is 56.6 Å². The van der Waals surface area contributed by atoms with Gasteiger partial charge in [-0.2, -0.15) is 0 Å². The van der Waals surface area contributed by atoms with E-state index < -0.39 is 11.9 Å². The predicted molar refractivity (Wildman–Crippen MR) is 97.0 cm³/mol. The molecule has 0 spiro atoms. The van der Waals surface area contributed by atoms with Crippen LogP contribution in [-0.4, -0.2) is 72.1 Å². The van der Waals surface area contributed by atoms with Gasteiger partial charge in [-0.1, -0.05) is 0 Å². The van der Waals surface area contributed by atoms with Crippen molar-refractivity contribution in [3.8, 4) is 0 Å². The Morgan fingerprint density at radius 3 is 2.20 bits per heavy atom. The highest BCUT2D eigenvalue weighted by Gasteiger charge is 2.31. The van der Waals surface area contributed by atoms with E-state index in [9.17, 15) is 9.59 Å². The van der Waals surface area contributed by atoms with Gasteiger partial charge in [-0.15, -0.1) is 0 Å². The summed E-state index contributed by atoms with van der Waals surface area (Å²) in [6, 6.07) is 8.31.